The molecule has 0 bridgehead atoms. The number of likely N-dealkylation sites (tertiary alicyclic amines) is 1. The molecule has 1 aromatic rings. The first-order chi connectivity index (χ1) is 12.7. The summed E-state index contributed by atoms with van der Waals surface area (Å²) < 4.78 is 17.9. The Morgan fingerprint density at radius 3 is 2.46 bits per heavy atom. The normalized spacial score (nSPS) is 19.1. The van der Waals surface area contributed by atoms with Crippen molar-refractivity contribution in [3.8, 4) is 5.75 Å². The number of carbonyl (C=O) groups is 1. The van der Waals surface area contributed by atoms with Gasteiger partial charge in [-0.05, 0) is 25.7 Å². The highest BCUT2D eigenvalue weighted by Gasteiger charge is 2.30. The van der Waals surface area contributed by atoms with Crippen LogP contribution in [0.4, 0.5) is 10.3 Å². The van der Waals surface area contributed by atoms with E-state index in [1.165, 1.54) is 0 Å². The zero-order valence-electron chi connectivity index (χ0n) is 14.9. The van der Waals surface area contributed by atoms with Crippen molar-refractivity contribution in [1.29, 1.82) is 0 Å². The summed E-state index contributed by atoms with van der Waals surface area (Å²) in [5, 5.41) is 0. The maximum Gasteiger partial charge on any atom is 0.225 e. The molecule has 0 unspecified atom stereocenters. The molecule has 0 aliphatic carbocycles. The Kier molecular flexibility index (Phi) is 6.38. The van der Waals surface area contributed by atoms with Crippen LogP contribution in [0.3, 0.4) is 0 Å². The molecule has 0 radical (unpaired) electrons. The number of amides is 1. The molecular weight excluding hydrogens is 337 g/mol. The Balaban J connectivity index is 1.49. The zero-order valence-corrected chi connectivity index (χ0v) is 14.9. The first kappa shape index (κ1) is 18.6. The van der Waals surface area contributed by atoms with E-state index >= 15 is 0 Å². The van der Waals surface area contributed by atoms with Gasteiger partial charge < -0.3 is 20.3 Å². The average molecular weight is 363 g/mol. The number of anilines is 1. The minimum atomic E-state index is 0.0830. The van der Waals surface area contributed by atoms with Crippen LogP contribution in [0.2, 0.25) is 0 Å². The summed E-state index contributed by atoms with van der Waals surface area (Å²) in [6.45, 7) is 3.55. The standard InChI is InChI=1S/C18H26FN5O2/c19-9-14(10-20)13-26-16-11-21-18(22-12-16)24-7-3-15(4-8-24)17(25)23-5-1-2-6-23/h9,11-12,15H,1-8,10,13,20H2/b14-9+. The Morgan fingerprint density at radius 2 is 1.88 bits per heavy atom. The number of halogens is 1. The lowest BCUT2D eigenvalue weighted by Crippen LogP contribution is -2.42. The van der Waals surface area contributed by atoms with E-state index in [0.29, 0.717) is 29.5 Å². The lowest BCUT2D eigenvalue weighted by atomic mass is 9.95. The van der Waals surface area contributed by atoms with Crippen molar-refractivity contribution in [3.05, 3.63) is 24.3 Å². The quantitative estimate of drug-likeness (QED) is 0.825. The fraction of sp³-hybridized carbons (Fsp3) is 0.611. The molecule has 0 saturated carbocycles. The molecule has 1 amide bonds. The van der Waals surface area contributed by atoms with Crippen molar-refractivity contribution < 1.29 is 13.9 Å². The Morgan fingerprint density at radius 1 is 1.23 bits per heavy atom. The third kappa shape index (κ3) is 4.49. The fourth-order valence-corrected chi connectivity index (χ4v) is 3.38. The minimum Gasteiger partial charge on any atom is -0.486 e. The largest absolute Gasteiger partial charge is 0.486 e. The van der Waals surface area contributed by atoms with E-state index in [2.05, 4.69) is 14.9 Å². The maximum atomic E-state index is 12.5. The van der Waals surface area contributed by atoms with Gasteiger partial charge in [-0.15, -0.1) is 0 Å². The van der Waals surface area contributed by atoms with Gasteiger partial charge in [-0.1, -0.05) is 0 Å². The molecule has 0 aromatic carbocycles. The smallest absolute Gasteiger partial charge is 0.225 e. The Labute approximate surface area is 153 Å². The van der Waals surface area contributed by atoms with Crippen molar-refractivity contribution in [1.82, 2.24) is 14.9 Å². The second kappa shape index (κ2) is 8.93. The minimum absolute atomic E-state index is 0.0830. The molecule has 3 rings (SSSR count). The van der Waals surface area contributed by atoms with E-state index in [1.807, 2.05) is 4.90 Å². The molecule has 1 aromatic heterocycles. The van der Waals surface area contributed by atoms with Crippen molar-refractivity contribution in [3.63, 3.8) is 0 Å². The fourth-order valence-electron chi connectivity index (χ4n) is 3.38. The predicted molar refractivity (Wildman–Crippen MR) is 96.5 cm³/mol. The monoisotopic (exact) mass is 363 g/mol. The van der Waals surface area contributed by atoms with Crippen LogP contribution in [0.25, 0.3) is 0 Å². The number of piperidine rings is 1. The summed E-state index contributed by atoms with van der Waals surface area (Å²) in [7, 11) is 0. The van der Waals surface area contributed by atoms with Crippen LogP contribution < -0.4 is 15.4 Å². The van der Waals surface area contributed by atoms with Crippen LogP contribution >= 0.6 is 0 Å². The van der Waals surface area contributed by atoms with Crippen molar-refractivity contribution in [2.45, 2.75) is 25.7 Å². The SMILES string of the molecule is NC/C(=C\F)COc1cnc(N2CCC(C(=O)N3CCCC3)CC2)nc1. The third-order valence-corrected chi connectivity index (χ3v) is 5.00. The van der Waals surface area contributed by atoms with Crippen LogP contribution in [0.1, 0.15) is 25.7 Å². The van der Waals surface area contributed by atoms with Gasteiger partial charge in [-0.3, -0.25) is 4.79 Å². The highest BCUT2D eigenvalue weighted by molar-refractivity contribution is 5.79. The molecule has 26 heavy (non-hydrogen) atoms. The van der Waals surface area contributed by atoms with Gasteiger partial charge in [0.15, 0.2) is 5.75 Å². The molecular formula is C18H26FN5O2. The van der Waals surface area contributed by atoms with Crippen molar-refractivity contribution in [2.24, 2.45) is 11.7 Å². The molecule has 3 heterocycles. The van der Waals surface area contributed by atoms with Crippen molar-refractivity contribution in [2.75, 3.05) is 44.2 Å². The summed E-state index contributed by atoms with van der Waals surface area (Å²) >= 11 is 0. The van der Waals surface area contributed by atoms with Gasteiger partial charge >= 0.3 is 0 Å². The lowest BCUT2D eigenvalue weighted by Gasteiger charge is -2.33. The summed E-state index contributed by atoms with van der Waals surface area (Å²) in [6, 6.07) is 0. The molecule has 2 fully saturated rings. The third-order valence-electron chi connectivity index (χ3n) is 5.00. The molecule has 8 heteroatoms. The van der Waals surface area contributed by atoms with Crippen LogP contribution in [0.5, 0.6) is 5.75 Å². The molecule has 2 aliphatic rings. The van der Waals surface area contributed by atoms with E-state index in [4.69, 9.17) is 10.5 Å². The lowest BCUT2D eigenvalue weighted by molar-refractivity contribution is -0.135. The maximum absolute atomic E-state index is 12.5. The first-order valence-corrected chi connectivity index (χ1v) is 9.18. The van der Waals surface area contributed by atoms with Gasteiger partial charge in [-0.25, -0.2) is 14.4 Å². The summed E-state index contributed by atoms with van der Waals surface area (Å²) in [5.41, 5.74) is 5.76. The van der Waals surface area contributed by atoms with E-state index in [9.17, 15) is 9.18 Å². The van der Waals surface area contributed by atoms with Gasteiger partial charge in [0, 0.05) is 44.2 Å². The molecule has 142 valence electrons. The number of carbonyl (C=O) groups excluding carboxylic acids is 1. The first-order valence-electron chi connectivity index (χ1n) is 9.18. The average Bonchev–Trinajstić information content (AvgIpc) is 3.24. The highest BCUT2D eigenvalue weighted by Crippen LogP contribution is 2.24. The topological polar surface area (TPSA) is 84.6 Å². The molecule has 2 aliphatic heterocycles. The predicted octanol–water partition coefficient (Wildman–Crippen LogP) is 1.51. The van der Waals surface area contributed by atoms with Gasteiger partial charge in [0.1, 0.15) is 6.61 Å². The van der Waals surface area contributed by atoms with Crippen LogP contribution in [0.15, 0.2) is 24.3 Å². The number of rotatable bonds is 6. The summed E-state index contributed by atoms with van der Waals surface area (Å²) in [5.74, 6) is 1.53. The Hall–Kier alpha value is -2.22. The molecule has 0 atom stereocenters. The molecule has 7 nitrogen and oxygen atoms in total. The number of nitrogens with two attached hydrogens (primary N) is 1. The van der Waals surface area contributed by atoms with E-state index < -0.39 is 0 Å². The van der Waals surface area contributed by atoms with Gasteiger partial charge in [-0.2, -0.15) is 0 Å². The van der Waals surface area contributed by atoms with Gasteiger partial charge in [0.2, 0.25) is 11.9 Å². The van der Waals surface area contributed by atoms with Crippen LogP contribution in [-0.4, -0.2) is 60.1 Å². The Bertz CT molecular complexity index is 623. The number of hydrogen-bond acceptors (Lipinski definition) is 6. The van der Waals surface area contributed by atoms with E-state index in [0.717, 1.165) is 51.9 Å². The zero-order chi connectivity index (χ0) is 18.4. The number of aromatic nitrogens is 2. The summed E-state index contributed by atoms with van der Waals surface area (Å²) in [6.07, 6.45) is 7.53. The highest BCUT2D eigenvalue weighted by atomic mass is 19.1. The van der Waals surface area contributed by atoms with E-state index in [1.54, 1.807) is 12.4 Å². The number of hydrogen-bond donors (Lipinski definition) is 1. The van der Waals surface area contributed by atoms with Gasteiger partial charge in [0.25, 0.3) is 0 Å². The molecule has 2 N–H and O–H groups in total. The van der Waals surface area contributed by atoms with E-state index in [-0.39, 0.29) is 19.1 Å². The molecule has 2 saturated heterocycles. The second-order valence-corrected chi connectivity index (χ2v) is 6.77. The van der Waals surface area contributed by atoms with Crippen LogP contribution in [-0.2, 0) is 4.79 Å². The van der Waals surface area contributed by atoms with Crippen LogP contribution in [0, 0.1) is 5.92 Å². The summed E-state index contributed by atoms with van der Waals surface area (Å²) in [4.78, 5) is 25.2. The number of ether oxygens (including phenoxy) is 1. The van der Waals surface area contributed by atoms with Gasteiger partial charge in [0.05, 0.1) is 18.7 Å². The number of nitrogens with zero attached hydrogens (tertiary/aromatic N) is 4. The van der Waals surface area contributed by atoms with Crippen molar-refractivity contribution >= 4 is 11.9 Å². The second-order valence-electron chi connectivity index (χ2n) is 6.77. The molecule has 0 spiro atoms.